The Morgan fingerprint density at radius 1 is 0.812 bits per heavy atom. The van der Waals surface area contributed by atoms with Gasteiger partial charge in [0.05, 0.1) is 12.7 Å². The van der Waals surface area contributed by atoms with Gasteiger partial charge in [-0.15, -0.1) is 0 Å². The zero-order chi connectivity index (χ0) is 22.7. The van der Waals surface area contributed by atoms with Crippen LogP contribution < -0.4 is 0 Å². The molecule has 166 valence electrons. The second-order valence-electron chi connectivity index (χ2n) is 9.14. The fourth-order valence-corrected chi connectivity index (χ4v) is 5.43. The topological polar surface area (TPSA) is 26.3 Å². The van der Waals surface area contributed by atoms with Crippen LogP contribution >= 0.6 is 0 Å². The molecule has 0 atom stereocenters. The van der Waals surface area contributed by atoms with Crippen LogP contribution in [0.4, 0.5) is 0 Å². The third kappa shape index (κ3) is 3.77. The number of hydrogen-bond acceptors (Lipinski definition) is 2. The first-order chi connectivity index (χ1) is 15.6. The minimum atomic E-state index is -0.289. The number of carbonyl (C=O) groups excluding carboxylic acids is 1. The van der Waals surface area contributed by atoms with Crippen molar-refractivity contribution in [3.63, 3.8) is 0 Å². The number of ether oxygens (including phenoxy) is 1. The van der Waals surface area contributed by atoms with Gasteiger partial charge >= 0.3 is 5.97 Å². The predicted molar refractivity (Wildman–Crippen MR) is 133 cm³/mol. The number of fused-ring (bicyclic) bond motifs is 3. The third-order valence-electron chi connectivity index (χ3n) is 7.07. The Hall–Kier alpha value is -2.87. The molecule has 2 nitrogen and oxygen atoms in total. The Balaban J connectivity index is 1.94. The summed E-state index contributed by atoms with van der Waals surface area (Å²) in [6.07, 6.45) is 7.12. The lowest BCUT2D eigenvalue weighted by atomic mass is 9.70. The zero-order valence-corrected chi connectivity index (χ0v) is 19.8. The summed E-state index contributed by atoms with van der Waals surface area (Å²) in [6, 6.07) is 21.6. The summed E-state index contributed by atoms with van der Waals surface area (Å²) in [7, 11) is 1.45. The summed E-state index contributed by atoms with van der Waals surface area (Å²) in [5, 5.41) is 0. The van der Waals surface area contributed by atoms with Gasteiger partial charge in [-0.25, -0.2) is 4.79 Å². The minimum Gasteiger partial charge on any atom is -0.465 e. The van der Waals surface area contributed by atoms with E-state index in [9.17, 15) is 4.79 Å². The van der Waals surface area contributed by atoms with E-state index >= 15 is 0 Å². The van der Waals surface area contributed by atoms with Gasteiger partial charge in [0.2, 0.25) is 0 Å². The second kappa shape index (κ2) is 9.32. The van der Waals surface area contributed by atoms with Crippen LogP contribution in [0.2, 0.25) is 0 Å². The Kier molecular flexibility index (Phi) is 6.50. The van der Waals surface area contributed by atoms with E-state index in [4.69, 9.17) is 4.74 Å². The van der Waals surface area contributed by atoms with Gasteiger partial charge in [-0.2, -0.15) is 0 Å². The number of esters is 1. The quantitative estimate of drug-likeness (QED) is 0.340. The summed E-state index contributed by atoms with van der Waals surface area (Å²) < 4.78 is 5.06. The van der Waals surface area contributed by atoms with Crippen LogP contribution in [0.25, 0.3) is 22.3 Å². The van der Waals surface area contributed by atoms with Gasteiger partial charge in [-0.3, -0.25) is 0 Å². The third-order valence-corrected chi connectivity index (χ3v) is 7.07. The fourth-order valence-electron chi connectivity index (χ4n) is 5.43. The maximum absolute atomic E-state index is 12.4. The van der Waals surface area contributed by atoms with E-state index in [0.717, 1.165) is 24.0 Å². The van der Waals surface area contributed by atoms with Crippen molar-refractivity contribution in [1.82, 2.24) is 0 Å². The van der Waals surface area contributed by atoms with Gasteiger partial charge in [0.25, 0.3) is 0 Å². The fraction of sp³-hybridized carbons (Fsp3) is 0.367. The molecule has 2 heteroatoms. The van der Waals surface area contributed by atoms with Crippen LogP contribution in [0.15, 0.2) is 60.7 Å². The highest BCUT2D eigenvalue weighted by molar-refractivity contribution is 5.98. The van der Waals surface area contributed by atoms with E-state index in [-0.39, 0.29) is 11.4 Å². The van der Waals surface area contributed by atoms with Gasteiger partial charge in [0, 0.05) is 5.41 Å². The van der Waals surface area contributed by atoms with Crippen LogP contribution in [-0.4, -0.2) is 13.1 Å². The highest BCUT2D eigenvalue weighted by Gasteiger charge is 2.42. The number of benzene rings is 3. The van der Waals surface area contributed by atoms with Crippen molar-refractivity contribution in [1.29, 1.82) is 0 Å². The smallest absolute Gasteiger partial charge is 0.338 e. The molecule has 0 radical (unpaired) electrons. The molecule has 0 aromatic heterocycles. The Labute approximate surface area is 192 Å². The molecule has 32 heavy (non-hydrogen) atoms. The monoisotopic (exact) mass is 426 g/mol. The first kappa shape index (κ1) is 22.3. The van der Waals surface area contributed by atoms with E-state index in [0.29, 0.717) is 5.56 Å². The average Bonchev–Trinajstić information content (AvgIpc) is 3.09. The first-order valence-electron chi connectivity index (χ1n) is 12.0. The molecule has 0 heterocycles. The van der Waals surface area contributed by atoms with Crippen molar-refractivity contribution in [3.05, 3.63) is 82.9 Å². The Morgan fingerprint density at radius 3 is 2.22 bits per heavy atom. The summed E-state index contributed by atoms with van der Waals surface area (Å²) in [5.41, 5.74) is 9.65. The van der Waals surface area contributed by atoms with Gasteiger partial charge in [-0.1, -0.05) is 93.6 Å². The van der Waals surface area contributed by atoms with E-state index in [1.165, 1.54) is 60.6 Å². The van der Waals surface area contributed by atoms with E-state index < -0.39 is 0 Å². The number of carbonyl (C=O) groups is 1. The summed E-state index contributed by atoms with van der Waals surface area (Å²) >= 11 is 0. The summed E-state index contributed by atoms with van der Waals surface area (Å²) in [5.74, 6) is -0.289. The van der Waals surface area contributed by atoms with Crippen molar-refractivity contribution < 1.29 is 9.53 Å². The molecule has 0 amide bonds. The molecular formula is C30H34O2. The lowest BCUT2D eigenvalue weighted by Gasteiger charge is -2.33. The van der Waals surface area contributed by atoms with Crippen LogP contribution in [0.1, 0.15) is 79.4 Å². The molecule has 3 aromatic rings. The van der Waals surface area contributed by atoms with Crippen molar-refractivity contribution in [2.75, 3.05) is 7.11 Å². The molecular weight excluding hydrogens is 392 g/mol. The van der Waals surface area contributed by atoms with Gasteiger partial charge in [0.1, 0.15) is 0 Å². The molecule has 0 bridgehead atoms. The largest absolute Gasteiger partial charge is 0.465 e. The van der Waals surface area contributed by atoms with Crippen molar-refractivity contribution in [2.45, 2.75) is 64.7 Å². The van der Waals surface area contributed by atoms with Crippen molar-refractivity contribution in [2.24, 2.45) is 0 Å². The highest BCUT2D eigenvalue weighted by atomic mass is 16.5. The number of rotatable bonds is 8. The SMILES string of the molecule is CCCCC1(CCCC)c2ccc(C)cc2-c2ccc(-c3ccccc3C(=O)OC)cc21. The number of hydrogen-bond donors (Lipinski definition) is 0. The molecule has 4 rings (SSSR count). The molecule has 0 aliphatic heterocycles. The van der Waals surface area contributed by atoms with E-state index in [2.05, 4.69) is 57.2 Å². The Bertz CT molecular complexity index is 1120. The Morgan fingerprint density at radius 2 is 1.53 bits per heavy atom. The standard InChI is InChI=1S/C30H34O2/c1-5-7-17-30(18-8-6-2)27-16-13-21(3)19-26(27)24-15-14-22(20-28(24)30)23-11-9-10-12-25(23)29(31)32-4/h9-16,19-20H,5-8,17-18H2,1-4H3. The molecule has 3 aromatic carbocycles. The summed E-state index contributed by atoms with van der Waals surface area (Å²) in [6.45, 7) is 6.74. The maximum Gasteiger partial charge on any atom is 0.338 e. The maximum atomic E-state index is 12.4. The molecule has 0 saturated heterocycles. The second-order valence-corrected chi connectivity index (χ2v) is 9.14. The molecule has 0 saturated carbocycles. The lowest BCUT2D eigenvalue weighted by Crippen LogP contribution is -2.25. The van der Waals surface area contributed by atoms with Crippen molar-refractivity contribution >= 4 is 5.97 Å². The van der Waals surface area contributed by atoms with Crippen LogP contribution in [0, 0.1) is 6.92 Å². The first-order valence-corrected chi connectivity index (χ1v) is 12.0. The number of aryl methyl sites for hydroxylation is 1. The van der Waals surface area contributed by atoms with Crippen LogP contribution in [0.3, 0.4) is 0 Å². The van der Waals surface area contributed by atoms with E-state index in [1.807, 2.05) is 24.3 Å². The number of methoxy groups -OCH3 is 1. The zero-order valence-electron chi connectivity index (χ0n) is 19.8. The van der Waals surface area contributed by atoms with Crippen LogP contribution in [0.5, 0.6) is 0 Å². The molecule has 0 unspecified atom stereocenters. The molecule has 0 fully saturated rings. The molecule has 1 aliphatic rings. The normalized spacial score (nSPS) is 13.5. The minimum absolute atomic E-state index is 0.0423. The average molecular weight is 427 g/mol. The van der Waals surface area contributed by atoms with Gasteiger partial charge < -0.3 is 4.74 Å². The van der Waals surface area contributed by atoms with Crippen molar-refractivity contribution in [3.8, 4) is 22.3 Å². The predicted octanol–water partition coefficient (Wildman–Crippen LogP) is 8.10. The molecule has 1 aliphatic carbocycles. The highest BCUT2D eigenvalue weighted by Crippen LogP contribution is 2.55. The van der Waals surface area contributed by atoms with Gasteiger partial charge in [-0.05, 0) is 65.3 Å². The summed E-state index contributed by atoms with van der Waals surface area (Å²) in [4.78, 5) is 12.4. The van der Waals surface area contributed by atoms with Crippen LogP contribution in [-0.2, 0) is 10.2 Å². The molecule has 0 N–H and O–H groups in total. The number of unbranched alkanes of at least 4 members (excludes halogenated alkanes) is 2. The molecule has 0 spiro atoms. The van der Waals surface area contributed by atoms with Gasteiger partial charge in [0.15, 0.2) is 0 Å². The van der Waals surface area contributed by atoms with E-state index in [1.54, 1.807) is 0 Å². The lowest BCUT2D eigenvalue weighted by molar-refractivity contribution is 0.0601.